The van der Waals surface area contributed by atoms with Crippen molar-refractivity contribution in [2.45, 2.75) is 13.8 Å². The molecule has 0 bridgehead atoms. The van der Waals surface area contributed by atoms with Crippen LogP contribution in [0.1, 0.15) is 21.5 Å². The van der Waals surface area contributed by atoms with E-state index in [1.807, 2.05) is 32.0 Å². The number of carboxylic acids is 1. The van der Waals surface area contributed by atoms with E-state index in [2.05, 4.69) is 10.6 Å². The fraction of sp³-hybridized carbons (Fsp3) is 0.429. The number of rotatable bonds is 5. The number of urea groups is 1. The molecule has 0 spiro atoms. The van der Waals surface area contributed by atoms with Gasteiger partial charge in [0.05, 0.1) is 11.3 Å². The van der Waals surface area contributed by atoms with Gasteiger partial charge in [0.1, 0.15) is 0 Å². The number of carbonyl (C=O) groups excluding carboxylic acids is 1. The Morgan fingerprint density at radius 2 is 1.90 bits per heavy atom. The molecule has 0 saturated carbocycles. The van der Waals surface area contributed by atoms with Crippen LogP contribution in [0.2, 0.25) is 0 Å². The first-order valence-corrected chi connectivity index (χ1v) is 6.35. The number of carbonyl (C=O) groups is 2. The van der Waals surface area contributed by atoms with E-state index in [-0.39, 0.29) is 5.56 Å². The standard InChI is InChI=1S/C14H21N3O3/c1-9-7-10(2)12(11(8-9)13(18)19)16-14(20)15-5-6-17(3)4/h7-8H,5-6H2,1-4H3,(H,18,19)(H2,15,16,20). The van der Waals surface area contributed by atoms with Crippen LogP contribution < -0.4 is 10.6 Å². The lowest BCUT2D eigenvalue weighted by atomic mass is 10.0. The van der Waals surface area contributed by atoms with Gasteiger partial charge in [0.2, 0.25) is 0 Å². The van der Waals surface area contributed by atoms with Crippen LogP contribution in [-0.2, 0) is 0 Å². The maximum atomic E-state index is 11.8. The third-order valence-electron chi connectivity index (χ3n) is 2.79. The topological polar surface area (TPSA) is 81.7 Å². The number of likely N-dealkylation sites (N-methyl/N-ethyl adjacent to an activating group) is 1. The normalized spacial score (nSPS) is 10.4. The highest BCUT2D eigenvalue weighted by molar-refractivity contribution is 6.01. The van der Waals surface area contributed by atoms with Crippen LogP contribution in [0.4, 0.5) is 10.5 Å². The van der Waals surface area contributed by atoms with E-state index in [1.54, 1.807) is 13.0 Å². The Labute approximate surface area is 118 Å². The molecule has 2 amide bonds. The van der Waals surface area contributed by atoms with E-state index in [9.17, 15) is 14.7 Å². The van der Waals surface area contributed by atoms with Gasteiger partial charge in [-0.2, -0.15) is 0 Å². The summed E-state index contributed by atoms with van der Waals surface area (Å²) in [4.78, 5) is 24.9. The summed E-state index contributed by atoms with van der Waals surface area (Å²) in [6.45, 7) is 4.80. The highest BCUT2D eigenvalue weighted by atomic mass is 16.4. The molecule has 20 heavy (non-hydrogen) atoms. The smallest absolute Gasteiger partial charge is 0.337 e. The highest BCUT2D eigenvalue weighted by Gasteiger charge is 2.15. The number of anilines is 1. The van der Waals surface area contributed by atoms with Gasteiger partial charge in [0.15, 0.2) is 0 Å². The zero-order chi connectivity index (χ0) is 15.3. The average molecular weight is 279 g/mol. The molecule has 6 nitrogen and oxygen atoms in total. The van der Waals surface area contributed by atoms with Gasteiger partial charge in [-0.05, 0) is 45.1 Å². The van der Waals surface area contributed by atoms with Gasteiger partial charge in [-0.15, -0.1) is 0 Å². The molecule has 0 aliphatic heterocycles. The SMILES string of the molecule is Cc1cc(C)c(NC(=O)NCCN(C)C)c(C(=O)O)c1. The van der Waals surface area contributed by atoms with Crippen LogP contribution in [0.3, 0.4) is 0 Å². The summed E-state index contributed by atoms with van der Waals surface area (Å²) in [5, 5.41) is 14.5. The fourth-order valence-corrected chi connectivity index (χ4v) is 1.85. The van der Waals surface area contributed by atoms with E-state index in [4.69, 9.17) is 0 Å². The molecule has 0 aromatic heterocycles. The molecule has 110 valence electrons. The number of carboxylic acid groups (broad SMARTS) is 1. The van der Waals surface area contributed by atoms with Crippen LogP contribution >= 0.6 is 0 Å². The molecule has 6 heteroatoms. The Bertz CT molecular complexity index is 513. The van der Waals surface area contributed by atoms with Crippen molar-refractivity contribution in [3.05, 3.63) is 28.8 Å². The Hall–Kier alpha value is -2.08. The summed E-state index contributed by atoms with van der Waals surface area (Å²) in [6.07, 6.45) is 0. The minimum absolute atomic E-state index is 0.102. The molecule has 1 aromatic rings. The van der Waals surface area contributed by atoms with Gasteiger partial charge >= 0.3 is 12.0 Å². The number of aromatic carboxylic acids is 1. The predicted octanol–water partition coefficient (Wildman–Crippen LogP) is 1.68. The number of nitrogens with zero attached hydrogens (tertiary/aromatic N) is 1. The summed E-state index contributed by atoms with van der Waals surface area (Å²) in [5.41, 5.74) is 2.01. The number of aryl methyl sites for hydroxylation is 2. The Kier molecular flexibility index (Phi) is 5.52. The van der Waals surface area contributed by atoms with E-state index >= 15 is 0 Å². The van der Waals surface area contributed by atoms with Gasteiger partial charge in [0.25, 0.3) is 0 Å². The Balaban J connectivity index is 2.81. The lowest BCUT2D eigenvalue weighted by molar-refractivity contribution is 0.0698. The molecule has 1 rings (SSSR count). The van der Waals surface area contributed by atoms with Crippen molar-refractivity contribution in [2.75, 3.05) is 32.5 Å². The van der Waals surface area contributed by atoms with Crippen molar-refractivity contribution in [2.24, 2.45) is 0 Å². The molecule has 0 heterocycles. The third-order valence-corrected chi connectivity index (χ3v) is 2.79. The number of hydrogen-bond acceptors (Lipinski definition) is 3. The zero-order valence-electron chi connectivity index (χ0n) is 12.3. The van der Waals surface area contributed by atoms with E-state index < -0.39 is 12.0 Å². The Morgan fingerprint density at radius 1 is 1.25 bits per heavy atom. The second kappa shape index (κ2) is 6.91. The first kappa shape index (κ1) is 16.0. The molecular formula is C14H21N3O3. The summed E-state index contributed by atoms with van der Waals surface area (Å²) < 4.78 is 0. The maximum absolute atomic E-state index is 11.8. The molecule has 0 radical (unpaired) electrons. The van der Waals surface area contributed by atoms with E-state index in [1.165, 1.54) is 0 Å². The van der Waals surface area contributed by atoms with Crippen LogP contribution in [0.25, 0.3) is 0 Å². The van der Waals surface area contributed by atoms with Gasteiger partial charge in [-0.1, -0.05) is 6.07 Å². The summed E-state index contributed by atoms with van der Waals surface area (Å²) in [6, 6.07) is 2.98. The van der Waals surface area contributed by atoms with Crippen LogP contribution in [0.5, 0.6) is 0 Å². The summed E-state index contributed by atoms with van der Waals surface area (Å²) in [7, 11) is 3.82. The van der Waals surface area contributed by atoms with E-state index in [0.717, 1.165) is 11.1 Å². The van der Waals surface area contributed by atoms with Crippen molar-refractivity contribution < 1.29 is 14.7 Å². The molecule has 0 saturated heterocycles. The third kappa shape index (κ3) is 4.55. The first-order chi connectivity index (χ1) is 9.31. The monoisotopic (exact) mass is 279 g/mol. The fourth-order valence-electron chi connectivity index (χ4n) is 1.85. The lowest BCUT2D eigenvalue weighted by Crippen LogP contribution is -2.35. The number of amides is 2. The van der Waals surface area contributed by atoms with Crippen LogP contribution in [0.15, 0.2) is 12.1 Å². The van der Waals surface area contributed by atoms with Crippen molar-refractivity contribution >= 4 is 17.7 Å². The summed E-state index contributed by atoms with van der Waals surface area (Å²) >= 11 is 0. The van der Waals surface area contributed by atoms with Crippen LogP contribution in [0, 0.1) is 13.8 Å². The van der Waals surface area contributed by atoms with Gasteiger partial charge < -0.3 is 20.6 Å². The molecule has 0 fully saturated rings. The molecule has 0 aliphatic rings. The average Bonchev–Trinajstić information content (AvgIpc) is 2.31. The lowest BCUT2D eigenvalue weighted by Gasteiger charge is -2.14. The largest absolute Gasteiger partial charge is 0.478 e. The molecule has 0 aliphatic carbocycles. The summed E-state index contributed by atoms with van der Waals surface area (Å²) in [5.74, 6) is -1.06. The minimum atomic E-state index is -1.06. The van der Waals surface area contributed by atoms with Crippen molar-refractivity contribution in [3.63, 3.8) is 0 Å². The van der Waals surface area contributed by atoms with Crippen molar-refractivity contribution in [3.8, 4) is 0 Å². The number of nitrogens with one attached hydrogen (secondary N) is 2. The molecule has 0 atom stereocenters. The number of hydrogen-bond donors (Lipinski definition) is 3. The predicted molar refractivity (Wildman–Crippen MR) is 78.5 cm³/mol. The van der Waals surface area contributed by atoms with Gasteiger partial charge in [0, 0.05) is 13.1 Å². The zero-order valence-corrected chi connectivity index (χ0v) is 12.3. The van der Waals surface area contributed by atoms with Crippen LogP contribution in [-0.4, -0.2) is 49.2 Å². The second-order valence-electron chi connectivity index (χ2n) is 4.99. The van der Waals surface area contributed by atoms with Gasteiger partial charge in [-0.25, -0.2) is 9.59 Å². The van der Waals surface area contributed by atoms with Gasteiger partial charge in [-0.3, -0.25) is 0 Å². The van der Waals surface area contributed by atoms with Crippen molar-refractivity contribution in [1.82, 2.24) is 10.2 Å². The number of benzene rings is 1. The second-order valence-corrected chi connectivity index (χ2v) is 4.99. The molecular weight excluding hydrogens is 258 g/mol. The molecule has 3 N–H and O–H groups in total. The molecule has 0 unspecified atom stereocenters. The quantitative estimate of drug-likeness (QED) is 0.766. The highest BCUT2D eigenvalue weighted by Crippen LogP contribution is 2.22. The molecule has 1 aromatic carbocycles. The minimum Gasteiger partial charge on any atom is -0.478 e. The van der Waals surface area contributed by atoms with E-state index in [0.29, 0.717) is 18.8 Å². The first-order valence-electron chi connectivity index (χ1n) is 6.35. The Morgan fingerprint density at radius 3 is 2.45 bits per heavy atom. The maximum Gasteiger partial charge on any atom is 0.337 e. The van der Waals surface area contributed by atoms with Crippen molar-refractivity contribution in [1.29, 1.82) is 0 Å².